The minimum atomic E-state index is -4.47. The van der Waals surface area contributed by atoms with Crippen LogP contribution in [0.4, 0.5) is 13.2 Å². The Morgan fingerprint density at radius 1 is 1.36 bits per heavy atom. The van der Waals surface area contributed by atoms with E-state index in [1.54, 1.807) is 14.0 Å². The van der Waals surface area contributed by atoms with Crippen molar-refractivity contribution < 1.29 is 27.8 Å². The number of likely N-dealkylation sites (N-methyl/N-ethyl adjacent to an activating group) is 1. The average molecular weight is 401 g/mol. The number of aromatic nitrogens is 1. The zero-order valence-corrected chi connectivity index (χ0v) is 16.0. The summed E-state index contributed by atoms with van der Waals surface area (Å²) in [6.07, 6.45) is 0.406. The molecule has 156 valence electrons. The Bertz CT molecular complexity index is 720. The first-order valence-corrected chi connectivity index (χ1v) is 9.48. The van der Waals surface area contributed by atoms with Crippen LogP contribution in [0.2, 0.25) is 0 Å². The molecule has 1 aromatic rings. The van der Waals surface area contributed by atoms with E-state index in [4.69, 9.17) is 4.74 Å². The van der Waals surface area contributed by atoms with E-state index in [0.717, 1.165) is 25.7 Å². The highest BCUT2D eigenvalue weighted by Gasteiger charge is 2.40. The molecular weight excluding hydrogens is 375 g/mol. The van der Waals surface area contributed by atoms with Crippen LogP contribution in [0.15, 0.2) is 12.3 Å². The van der Waals surface area contributed by atoms with Gasteiger partial charge in [0.2, 0.25) is 0 Å². The van der Waals surface area contributed by atoms with Crippen LogP contribution in [0.5, 0.6) is 5.75 Å². The van der Waals surface area contributed by atoms with E-state index in [9.17, 15) is 23.1 Å². The fourth-order valence-corrected chi connectivity index (χ4v) is 3.35. The molecule has 1 aromatic heterocycles. The van der Waals surface area contributed by atoms with Gasteiger partial charge in [-0.05, 0) is 45.1 Å². The van der Waals surface area contributed by atoms with Crippen LogP contribution in [0, 0.1) is 5.92 Å². The van der Waals surface area contributed by atoms with Gasteiger partial charge in [-0.3, -0.25) is 15.1 Å². The lowest BCUT2D eigenvalue weighted by molar-refractivity contribution is -0.153. The molecule has 2 saturated carbocycles. The van der Waals surface area contributed by atoms with Crippen LogP contribution in [0.1, 0.15) is 61.0 Å². The highest BCUT2D eigenvalue weighted by molar-refractivity contribution is 5.93. The summed E-state index contributed by atoms with van der Waals surface area (Å²) in [6.45, 7) is 0.319. The van der Waals surface area contributed by atoms with Gasteiger partial charge in [-0.1, -0.05) is 12.8 Å². The van der Waals surface area contributed by atoms with Crippen molar-refractivity contribution in [2.45, 2.75) is 62.9 Å². The Balaban J connectivity index is 1.78. The Hall–Kier alpha value is -1.87. The molecule has 9 heteroatoms. The first-order valence-electron chi connectivity index (χ1n) is 9.48. The maximum absolute atomic E-state index is 12.7. The molecule has 1 heterocycles. The summed E-state index contributed by atoms with van der Waals surface area (Å²) in [6, 6.07) is 1.26. The molecule has 2 atom stereocenters. The van der Waals surface area contributed by atoms with Crippen molar-refractivity contribution in [2.24, 2.45) is 5.92 Å². The molecule has 6 nitrogen and oxygen atoms in total. The van der Waals surface area contributed by atoms with E-state index in [2.05, 4.69) is 15.6 Å². The predicted octanol–water partition coefficient (Wildman–Crippen LogP) is 2.73. The Kier molecular flexibility index (Phi) is 5.86. The lowest BCUT2D eigenvalue weighted by atomic mass is 9.92. The molecule has 28 heavy (non-hydrogen) atoms. The number of carbonyl (C=O) groups excluding carboxylic acids is 1. The largest absolute Gasteiger partial charge is 0.484 e. The number of aliphatic hydroxyl groups is 1. The first kappa shape index (κ1) is 20.9. The summed E-state index contributed by atoms with van der Waals surface area (Å²) in [5.74, 6) is 0.0398. The minimum Gasteiger partial charge on any atom is -0.484 e. The summed E-state index contributed by atoms with van der Waals surface area (Å²) < 4.78 is 42.7. The van der Waals surface area contributed by atoms with Gasteiger partial charge in [0.1, 0.15) is 17.7 Å². The van der Waals surface area contributed by atoms with Crippen LogP contribution in [0.3, 0.4) is 0 Å². The van der Waals surface area contributed by atoms with Gasteiger partial charge in [-0.15, -0.1) is 0 Å². The summed E-state index contributed by atoms with van der Waals surface area (Å²) in [7, 11) is 1.59. The zero-order valence-electron chi connectivity index (χ0n) is 16.0. The molecule has 0 spiro atoms. The van der Waals surface area contributed by atoms with Crippen LogP contribution in [-0.4, -0.2) is 47.6 Å². The number of hydrogen-bond donors (Lipinski definition) is 3. The Morgan fingerprint density at radius 3 is 2.57 bits per heavy atom. The van der Waals surface area contributed by atoms with E-state index in [-0.39, 0.29) is 17.4 Å². The van der Waals surface area contributed by atoms with Crippen LogP contribution in [-0.2, 0) is 0 Å². The standard InChI is InChI=1S/C19H26F3N3O3/c1-18(17(27)23-2,8-11-3-4-11)25-16(26)14-7-15(28-10-19(20,21)22)13(9-24-14)12-5-6-12/h7,9,11-12,17,23,27H,3-6,8,10H2,1-2H3,(H,25,26). The van der Waals surface area contributed by atoms with Gasteiger partial charge in [0.25, 0.3) is 5.91 Å². The van der Waals surface area contributed by atoms with Gasteiger partial charge < -0.3 is 15.2 Å². The van der Waals surface area contributed by atoms with Crippen molar-refractivity contribution >= 4 is 5.91 Å². The van der Waals surface area contributed by atoms with E-state index >= 15 is 0 Å². The Morgan fingerprint density at radius 2 is 2.04 bits per heavy atom. The van der Waals surface area contributed by atoms with E-state index in [1.807, 2.05) is 0 Å². The molecule has 0 saturated heterocycles. The van der Waals surface area contributed by atoms with Gasteiger partial charge in [-0.25, -0.2) is 0 Å². The normalized spacial score (nSPS) is 20.4. The molecule has 1 amide bonds. The Labute approximate surface area is 161 Å². The molecule has 2 aliphatic rings. The fraction of sp³-hybridized carbons (Fsp3) is 0.684. The number of hydrogen-bond acceptors (Lipinski definition) is 5. The van der Waals surface area contributed by atoms with Crippen molar-refractivity contribution in [1.29, 1.82) is 0 Å². The number of nitrogens with zero attached hydrogens (tertiary/aromatic N) is 1. The SMILES string of the molecule is CNC(O)C(C)(CC1CC1)NC(=O)c1cc(OCC(F)(F)F)c(C2CC2)cn1. The molecule has 2 fully saturated rings. The molecule has 3 rings (SSSR count). The third kappa shape index (κ3) is 5.35. The lowest BCUT2D eigenvalue weighted by Crippen LogP contribution is -2.59. The fourth-order valence-electron chi connectivity index (χ4n) is 3.35. The van der Waals surface area contributed by atoms with Crippen molar-refractivity contribution in [1.82, 2.24) is 15.6 Å². The summed E-state index contributed by atoms with van der Waals surface area (Å²) in [5.41, 5.74) is -0.361. The van der Waals surface area contributed by atoms with Crippen molar-refractivity contribution in [2.75, 3.05) is 13.7 Å². The number of halogens is 3. The summed E-state index contributed by atoms with van der Waals surface area (Å²) in [4.78, 5) is 16.9. The number of amides is 1. The number of ether oxygens (including phenoxy) is 1. The maximum Gasteiger partial charge on any atom is 0.422 e. The third-order valence-electron chi connectivity index (χ3n) is 5.22. The number of aliphatic hydroxyl groups excluding tert-OH is 1. The third-order valence-corrected chi connectivity index (χ3v) is 5.22. The van der Waals surface area contributed by atoms with E-state index in [1.165, 1.54) is 12.3 Å². The van der Waals surface area contributed by atoms with Crippen molar-refractivity contribution in [3.05, 3.63) is 23.5 Å². The van der Waals surface area contributed by atoms with Gasteiger partial charge in [0, 0.05) is 17.8 Å². The number of alkyl halides is 3. The smallest absolute Gasteiger partial charge is 0.422 e. The highest BCUT2D eigenvalue weighted by atomic mass is 19.4. The van der Waals surface area contributed by atoms with Crippen molar-refractivity contribution in [3.8, 4) is 5.75 Å². The molecule has 3 N–H and O–H groups in total. The topological polar surface area (TPSA) is 83.5 Å². The molecule has 2 aliphatic carbocycles. The van der Waals surface area contributed by atoms with Crippen molar-refractivity contribution in [3.63, 3.8) is 0 Å². The number of carbonyl (C=O) groups is 1. The zero-order chi connectivity index (χ0) is 20.5. The molecular formula is C19H26F3N3O3. The minimum absolute atomic E-state index is 0.0353. The number of rotatable bonds is 9. The molecule has 0 radical (unpaired) electrons. The lowest BCUT2D eigenvalue weighted by Gasteiger charge is -2.35. The van der Waals surface area contributed by atoms with Gasteiger partial charge >= 0.3 is 6.18 Å². The van der Waals surface area contributed by atoms with Gasteiger partial charge in [0.15, 0.2) is 6.61 Å². The quantitative estimate of drug-likeness (QED) is 0.554. The number of nitrogens with one attached hydrogen (secondary N) is 2. The van der Waals surface area contributed by atoms with Gasteiger partial charge in [-0.2, -0.15) is 13.2 Å². The second kappa shape index (κ2) is 7.87. The maximum atomic E-state index is 12.7. The molecule has 0 aliphatic heterocycles. The molecule has 0 aromatic carbocycles. The van der Waals surface area contributed by atoms with Crippen LogP contribution >= 0.6 is 0 Å². The number of pyridine rings is 1. The first-order chi connectivity index (χ1) is 13.1. The predicted molar refractivity (Wildman–Crippen MR) is 96.0 cm³/mol. The summed E-state index contributed by atoms with van der Waals surface area (Å²) >= 11 is 0. The molecule has 2 unspecified atom stereocenters. The summed E-state index contributed by atoms with van der Waals surface area (Å²) in [5, 5.41) is 15.9. The highest BCUT2D eigenvalue weighted by Crippen LogP contribution is 2.44. The average Bonchev–Trinajstić information content (AvgIpc) is 3.52. The monoisotopic (exact) mass is 401 g/mol. The second-order valence-electron chi connectivity index (χ2n) is 8.00. The van der Waals surface area contributed by atoms with Crippen LogP contribution in [0.25, 0.3) is 0 Å². The van der Waals surface area contributed by atoms with Crippen LogP contribution < -0.4 is 15.4 Å². The second-order valence-corrected chi connectivity index (χ2v) is 8.00. The molecule has 0 bridgehead atoms. The van der Waals surface area contributed by atoms with E-state index in [0.29, 0.717) is 17.9 Å². The van der Waals surface area contributed by atoms with Gasteiger partial charge in [0.05, 0.1) is 5.54 Å². The van der Waals surface area contributed by atoms with E-state index < -0.39 is 30.5 Å².